The number of benzene rings is 2. The van der Waals surface area contributed by atoms with E-state index in [0.29, 0.717) is 35.8 Å². The van der Waals surface area contributed by atoms with Gasteiger partial charge in [-0.05, 0) is 29.8 Å². The Labute approximate surface area is 201 Å². The van der Waals surface area contributed by atoms with E-state index < -0.39 is 11.4 Å². The zero-order chi connectivity index (χ0) is 24.7. The molecule has 1 aliphatic rings. The lowest BCUT2D eigenvalue weighted by molar-refractivity contribution is -0.127. The maximum atomic E-state index is 13.0. The lowest BCUT2D eigenvalue weighted by Gasteiger charge is -2.27. The molecular formula is C25H23N5O5. The summed E-state index contributed by atoms with van der Waals surface area (Å²) in [6, 6.07) is 14.2. The van der Waals surface area contributed by atoms with Crippen molar-refractivity contribution < 1.29 is 23.8 Å². The van der Waals surface area contributed by atoms with Crippen LogP contribution in [0.1, 0.15) is 27.9 Å². The van der Waals surface area contributed by atoms with Crippen LogP contribution in [0.3, 0.4) is 0 Å². The fraction of sp³-hybridized carbons (Fsp3) is 0.240. The highest BCUT2D eigenvalue weighted by atomic mass is 16.5. The smallest absolute Gasteiger partial charge is 0.255 e. The second kappa shape index (κ2) is 10.6. The van der Waals surface area contributed by atoms with Crippen molar-refractivity contribution in [3.05, 3.63) is 77.9 Å². The molecule has 1 aromatic heterocycles. The lowest BCUT2D eigenvalue weighted by atomic mass is 9.96. The van der Waals surface area contributed by atoms with Gasteiger partial charge in [0.25, 0.3) is 5.91 Å². The normalized spacial score (nSPS) is 16.7. The molecule has 3 aromatic rings. The van der Waals surface area contributed by atoms with Crippen LogP contribution in [-0.2, 0) is 16.1 Å². The van der Waals surface area contributed by atoms with Crippen molar-refractivity contribution in [3.63, 3.8) is 0 Å². The number of rotatable bonds is 8. The van der Waals surface area contributed by atoms with Gasteiger partial charge >= 0.3 is 0 Å². The molecule has 2 heterocycles. The van der Waals surface area contributed by atoms with Gasteiger partial charge in [0.05, 0.1) is 24.8 Å². The Hall–Kier alpha value is -4.49. The predicted molar refractivity (Wildman–Crippen MR) is 124 cm³/mol. The fourth-order valence-electron chi connectivity index (χ4n) is 3.57. The van der Waals surface area contributed by atoms with Crippen LogP contribution in [0.5, 0.6) is 17.2 Å². The van der Waals surface area contributed by atoms with E-state index in [-0.39, 0.29) is 24.6 Å². The van der Waals surface area contributed by atoms with Gasteiger partial charge in [0.15, 0.2) is 0 Å². The molecule has 10 heteroatoms. The molecule has 10 nitrogen and oxygen atoms in total. The van der Waals surface area contributed by atoms with Gasteiger partial charge in [-0.15, -0.1) is 0 Å². The summed E-state index contributed by atoms with van der Waals surface area (Å²) in [6.07, 6.45) is 4.46. The number of ether oxygens (including phenoxy) is 3. The van der Waals surface area contributed by atoms with Crippen LogP contribution in [0.25, 0.3) is 0 Å². The number of carbonyl (C=O) groups excluding carboxylic acids is 2. The van der Waals surface area contributed by atoms with Crippen LogP contribution >= 0.6 is 0 Å². The van der Waals surface area contributed by atoms with Crippen LogP contribution in [-0.4, -0.2) is 47.6 Å². The maximum absolute atomic E-state index is 13.0. The molecule has 1 saturated heterocycles. The number of hydrogen-bond donors (Lipinski definition) is 2. The number of nitriles is 1. The molecule has 0 unspecified atom stereocenters. The van der Waals surface area contributed by atoms with E-state index >= 15 is 0 Å². The minimum atomic E-state index is -1.17. The van der Waals surface area contributed by atoms with E-state index in [9.17, 15) is 14.9 Å². The monoisotopic (exact) mass is 473 g/mol. The van der Waals surface area contributed by atoms with Gasteiger partial charge in [-0.2, -0.15) is 5.26 Å². The molecule has 2 amide bonds. The molecule has 0 aliphatic carbocycles. The molecule has 178 valence electrons. The summed E-state index contributed by atoms with van der Waals surface area (Å²) in [5.41, 5.74) is 0.281. The van der Waals surface area contributed by atoms with Crippen molar-refractivity contribution in [3.8, 4) is 23.3 Å². The van der Waals surface area contributed by atoms with Gasteiger partial charge in [0.2, 0.25) is 5.91 Å². The van der Waals surface area contributed by atoms with Gasteiger partial charge < -0.3 is 24.8 Å². The average Bonchev–Trinajstić information content (AvgIpc) is 3.38. The molecule has 1 aliphatic heterocycles. The standard InChI is InChI=1S/C25H23N5O5/c1-33-21-6-7-22(18(10-21)11-26)35-20-4-2-17(3-5-20)12-29-24(32)25(8-9-34-15-25)30-23(31)19-13-27-16-28-14-19/h2-7,10,13-14,16H,8-9,12,15H2,1H3,(H,29,32)(H,30,31)/t25-/m1/s1. The van der Waals surface area contributed by atoms with Gasteiger partial charge in [-0.1, -0.05) is 12.1 Å². The number of hydrogen-bond acceptors (Lipinski definition) is 8. The Balaban J connectivity index is 1.38. The van der Waals surface area contributed by atoms with Gasteiger partial charge in [-0.25, -0.2) is 9.97 Å². The third-order valence-corrected chi connectivity index (χ3v) is 5.54. The Kier molecular flexibility index (Phi) is 7.18. The molecule has 0 saturated carbocycles. The molecule has 1 fully saturated rings. The summed E-state index contributed by atoms with van der Waals surface area (Å²) in [5, 5.41) is 15.0. The first-order chi connectivity index (χ1) is 17.0. The summed E-state index contributed by atoms with van der Waals surface area (Å²) < 4.78 is 16.4. The molecule has 2 aromatic carbocycles. The van der Waals surface area contributed by atoms with Crippen LogP contribution < -0.4 is 20.1 Å². The van der Waals surface area contributed by atoms with Crippen LogP contribution in [0.4, 0.5) is 0 Å². The van der Waals surface area contributed by atoms with Crippen molar-refractivity contribution >= 4 is 11.8 Å². The first-order valence-corrected chi connectivity index (χ1v) is 10.8. The predicted octanol–water partition coefficient (Wildman–Crippen LogP) is 2.35. The van der Waals surface area contributed by atoms with Crippen molar-refractivity contribution in [1.82, 2.24) is 20.6 Å². The third kappa shape index (κ3) is 5.54. The first-order valence-electron chi connectivity index (χ1n) is 10.8. The number of nitrogens with one attached hydrogen (secondary N) is 2. The zero-order valence-electron chi connectivity index (χ0n) is 19.0. The second-order valence-electron chi connectivity index (χ2n) is 7.87. The van der Waals surface area contributed by atoms with Gasteiger partial charge in [0.1, 0.15) is 35.2 Å². The molecule has 1 atom stereocenters. The minimum absolute atomic E-state index is 0.0775. The molecule has 4 rings (SSSR count). The summed E-state index contributed by atoms with van der Waals surface area (Å²) in [6.45, 7) is 0.687. The van der Waals surface area contributed by atoms with Crippen LogP contribution in [0, 0.1) is 11.3 Å². The van der Waals surface area contributed by atoms with Crippen molar-refractivity contribution in [2.45, 2.75) is 18.5 Å². The highest BCUT2D eigenvalue weighted by Crippen LogP contribution is 2.28. The number of amides is 2. The average molecular weight is 473 g/mol. The molecule has 0 bridgehead atoms. The lowest BCUT2D eigenvalue weighted by Crippen LogP contribution is -2.59. The largest absolute Gasteiger partial charge is 0.497 e. The first kappa shape index (κ1) is 23.7. The Morgan fingerprint density at radius 3 is 2.54 bits per heavy atom. The minimum Gasteiger partial charge on any atom is -0.497 e. The van der Waals surface area contributed by atoms with E-state index in [0.717, 1.165) is 5.56 Å². The number of nitrogens with zero attached hydrogens (tertiary/aromatic N) is 3. The Morgan fingerprint density at radius 2 is 1.89 bits per heavy atom. The molecular weight excluding hydrogens is 450 g/mol. The number of aromatic nitrogens is 2. The van der Waals surface area contributed by atoms with E-state index in [1.807, 2.05) is 12.1 Å². The van der Waals surface area contributed by atoms with Crippen LogP contribution in [0.15, 0.2) is 61.2 Å². The van der Waals surface area contributed by atoms with E-state index in [2.05, 4.69) is 26.7 Å². The highest BCUT2D eigenvalue weighted by molar-refractivity contribution is 5.99. The van der Waals surface area contributed by atoms with Gasteiger partial charge in [0, 0.05) is 38.0 Å². The van der Waals surface area contributed by atoms with Crippen LogP contribution in [0.2, 0.25) is 0 Å². The molecule has 0 radical (unpaired) electrons. The number of methoxy groups -OCH3 is 1. The summed E-state index contributed by atoms with van der Waals surface area (Å²) >= 11 is 0. The van der Waals surface area contributed by atoms with E-state index in [1.54, 1.807) is 30.3 Å². The summed E-state index contributed by atoms with van der Waals surface area (Å²) in [4.78, 5) is 33.3. The fourth-order valence-corrected chi connectivity index (χ4v) is 3.57. The van der Waals surface area contributed by atoms with E-state index in [4.69, 9.17) is 14.2 Å². The van der Waals surface area contributed by atoms with Crippen molar-refractivity contribution in [1.29, 1.82) is 5.26 Å². The summed E-state index contributed by atoms with van der Waals surface area (Å²) in [5.74, 6) is 0.746. The Bertz CT molecular complexity index is 1240. The summed E-state index contributed by atoms with van der Waals surface area (Å²) in [7, 11) is 1.53. The van der Waals surface area contributed by atoms with Crippen molar-refractivity contribution in [2.75, 3.05) is 20.3 Å². The topological polar surface area (TPSA) is 135 Å². The maximum Gasteiger partial charge on any atom is 0.255 e. The molecule has 0 spiro atoms. The Morgan fingerprint density at radius 1 is 1.14 bits per heavy atom. The number of carbonyl (C=O) groups is 2. The highest BCUT2D eigenvalue weighted by Gasteiger charge is 2.43. The molecule has 35 heavy (non-hydrogen) atoms. The van der Waals surface area contributed by atoms with Crippen molar-refractivity contribution in [2.24, 2.45) is 0 Å². The second-order valence-corrected chi connectivity index (χ2v) is 7.87. The zero-order valence-corrected chi connectivity index (χ0v) is 19.0. The van der Waals surface area contributed by atoms with Gasteiger partial charge in [-0.3, -0.25) is 9.59 Å². The SMILES string of the molecule is COc1ccc(Oc2ccc(CNC(=O)[C@@]3(NC(=O)c4cncnc4)CCOC3)cc2)c(C#N)c1. The quantitative estimate of drug-likeness (QED) is 0.509. The van der Waals surface area contributed by atoms with E-state index in [1.165, 1.54) is 25.8 Å². The third-order valence-electron chi connectivity index (χ3n) is 5.54. The molecule has 2 N–H and O–H groups in total.